The summed E-state index contributed by atoms with van der Waals surface area (Å²) in [5, 5.41) is 0. The molecule has 0 aliphatic carbocycles. The van der Waals surface area contributed by atoms with E-state index in [1.54, 1.807) is 0 Å². The lowest BCUT2D eigenvalue weighted by Crippen LogP contribution is -1.93. The summed E-state index contributed by atoms with van der Waals surface area (Å²) in [6.07, 6.45) is 6.45. The summed E-state index contributed by atoms with van der Waals surface area (Å²) in [6.45, 7) is 4.28. The standard InChI is InChI=1S/C20H21NO/c1-3-4-7-16-8-10-17(11-9-16)18-13-19-15(2)6-5-12-21(19)20(18)14-22/h5-6,8-14H,3-4,7H2,1-2H3. The van der Waals surface area contributed by atoms with E-state index in [0.29, 0.717) is 0 Å². The van der Waals surface area contributed by atoms with Crippen molar-refractivity contribution in [2.24, 2.45) is 0 Å². The smallest absolute Gasteiger partial charge is 0.167 e. The van der Waals surface area contributed by atoms with Crippen molar-refractivity contribution in [2.75, 3.05) is 0 Å². The van der Waals surface area contributed by atoms with Gasteiger partial charge in [-0.1, -0.05) is 43.7 Å². The van der Waals surface area contributed by atoms with Gasteiger partial charge in [0, 0.05) is 17.3 Å². The zero-order chi connectivity index (χ0) is 15.5. The number of pyridine rings is 1. The van der Waals surface area contributed by atoms with E-state index >= 15 is 0 Å². The van der Waals surface area contributed by atoms with Crippen molar-refractivity contribution in [3.05, 3.63) is 65.5 Å². The lowest BCUT2D eigenvalue weighted by atomic mass is 10.0. The second-order valence-corrected chi connectivity index (χ2v) is 5.81. The van der Waals surface area contributed by atoms with E-state index in [-0.39, 0.29) is 0 Å². The molecule has 0 aliphatic rings. The molecule has 0 N–H and O–H groups in total. The molecule has 2 aromatic heterocycles. The number of nitrogens with zero attached hydrogens (tertiary/aromatic N) is 1. The molecule has 2 heterocycles. The Kier molecular flexibility index (Phi) is 4.10. The van der Waals surface area contributed by atoms with Crippen LogP contribution in [0.4, 0.5) is 0 Å². The van der Waals surface area contributed by atoms with Crippen LogP contribution in [0.1, 0.15) is 41.4 Å². The van der Waals surface area contributed by atoms with Crippen LogP contribution in [0.15, 0.2) is 48.7 Å². The minimum atomic E-state index is 0.722. The van der Waals surface area contributed by atoms with E-state index in [9.17, 15) is 4.79 Å². The van der Waals surface area contributed by atoms with E-state index in [2.05, 4.69) is 50.2 Å². The number of rotatable bonds is 5. The van der Waals surface area contributed by atoms with E-state index in [4.69, 9.17) is 0 Å². The SMILES string of the molecule is CCCCc1ccc(-c2cc3c(C)cccn3c2C=O)cc1. The Balaban J connectivity index is 2.06. The van der Waals surface area contributed by atoms with Gasteiger partial charge in [0.1, 0.15) is 0 Å². The molecule has 0 atom stereocenters. The van der Waals surface area contributed by atoms with Gasteiger partial charge in [-0.2, -0.15) is 0 Å². The summed E-state index contributed by atoms with van der Waals surface area (Å²) in [5.41, 5.74) is 6.46. The molecule has 0 radical (unpaired) electrons. The van der Waals surface area contributed by atoms with Gasteiger partial charge in [-0.05, 0) is 48.6 Å². The molecule has 0 aliphatic heterocycles. The molecular formula is C20H21NO. The lowest BCUT2D eigenvalue weighted by Gasteiger charge is -2.04. The first kappa shape index (κ1) is 14.6. The number of aryl methyl sites for hydroxylation is 2. The van der Waals surface area contributed by atoms with Crippen LogP contribution in [-0.4, -0.2) is 10.7 Å². The minimum Gasteiger partial charge on any atom is -0.313 e. The molecule has 2 heteroatoms. The fraction of sp³-hybridized carbons (Fsp3) is 0.250. The Bertz CT molecular complexity index is 796. The maximum Gasteiger partial charge on any atom is 0.167 e. The number of unbranched alkanes of at least 4 members (excludes halogenated alkanes) is 1. The molecule has 0 unspecified atom stereocenters. The minimum absolute atomic E-state index is 0.722. The third-order valence-electron chi connectivity index (χ3n) is 4.26. The number of fused-ring (bicyclic) bond motifs is 1. The highest BCUT2D eigenvalue weighted by Crippen LogP contribution is 2.28. The normalized spacial score (nSPS) is 11.0. The zero-order valence-corrected chi connectivity index (χ0v) is 13.2. The number of aldehydes is 1. The Morgan fingerprint density at radius 3 is 2.59 bits per heavy atom. The van der Waals surface area contributed by atoms with E-state index in [1.165, 1.54) is 24.0 Å². The summed E-state index contributed by atoms with van der Waals surface area (Å²) in [7, 11) is 0. The van der Waals surface area contributed by atoms with Gasteiger partial charge in [0.15, 0.2) is 6.29 Å². The maximum absolute atomic E-state index is 11.6. The number of aromatic nitrogens is 1. The van der Waals surface area contributed by atoms with Gasteiger partial charge < -0.3 is 4.40 Å². The molecule has 3 rings (SSSR count). The Morgan fingerprint density at radius 2 is 1.91 bits per heavy atom. The zero-order valence-electron chi connectivity index (χ0n) is 13.2. The van der Waals surface area contributed by atoms with Gasteiger partial charge in [0.05, 0.1) is 5.69 Å². The third-order valence-corrected chi connectivity index (χ3v) is 4.26. The summed E-state index contributed by atoms with van der Waals surface area (Å²) in [4.78, 5) is 11.6. The van der Waals surface area contributed by atoms with Crippen LogP contribution < -0.4 is 0 Å². The summed E-state index contributed by atoms with van der Waals surface area (Å²) < 4.78 is 1.97. The molecule has 0 saturated carbocycles. The van der Waals surface area contributed by atoms with Crippen LogP contribution in [0, 0.1) is 6.92 Å². The first-order chi connectivity index (χ1) is 10.7. The highest BCUT2D eigenvalue weighted by atomic mass is 16.1. The fourth-order valence-corrected chi connectivity index (χ4v) is 2.95. The van der Waals surface area contributed by atoms with Crippen molar-refractivity contribution in [1.29, 1.82) is 0 Å². The van der Waals surface area contributed by atoms with Crippen LogP contribution >= 0.6 is 0 Å². The Hall–Kier alpha value is -2.35. The molecular weight excluding hydrogens is 270 g/mol. The lowest BCUT2D eigenvalue weighted by molar-refractivity contribution is 0.111. The summed E-state index contributed by atoms with van der Waals surface area (Å²) in [5.74, 6) is 0. The summed E-state index contributed by atoms with van der Waals surface area (Å²) in [6, 6.07) is 14.8. The largest absolute Gasteiger partial charge is 0.313 e. The predicted molar refractivity (Wildman–Crippen MR) is 91.6 cm³/mol. The average Bonchev–Trinajstić information content (AvgIpc) is 2.93. The first-order valence-electron chi connectivity index (χ1n) is 7.89. The fourth-order valence-electron chi connectivity index (χ4n) is 2.95. The van der Waals surface area contributed by atoms with Gasteiger partial charge in [0.25, 0.3) is 0 Å². The van der Waals surface area contributed by atoms with Crippen LogP contribution in [0.2, 0.25) is 0 Å². The van der Waals surface area contributed by atoms with E-state index in [0.717, 1.165) is 35.0 Å². The number of benzene rings is 1. The number of carbonyl (C=O) groups is 1. The molecule has 0 spiro atoms. The molecule has 0 amide bonds. The predicted octanol–water partition coefficient (Wildman–Crippen LogP) is 5.07. The monoisotopic (exact) mass is 291 g/mol. The quantitative estimate of drug-likeness (QED) is 0.601. The highest BCUT2D eigenvalue weighted by molar-refractivity contribution is 5.90. The average molecular weight is 291 g/mol. The van der Waals surface area contributed by atoms with Crippen molar-refractivity contribution in [3.8, 4) is 11.1 Å². The van der Waals surface area contributed by atoms with Gasteiger partial charge >= 0.3 is 0 Å². The van der Waals surface area contributed by atoms with E-state index in [1.807, 2.05) is 16.7 Å². The van der Waals surface area contributed by atoms with Crippen molar-refractivity contribution in [2.45, 2.75) is 33.1 Å². The molecule has 0 saturated heterocycles. The van der Waals surface area contributed by atoms with Gasteiger partial charge in [0.2, 0.25) is 0 Å². The van der Waals surface area contributed by atoms with Crippen LogP contribution in [-0.2, 0) is 6.42 Å². The molecule has 0 bridgehead atoms. The van der Waals surface area contributed by atoms with Crippen molar-refractivity contribution < 1.29 is 4.79 Å². The topological polar surface area (TPSA) is 21.5 Å². The third kappa shape index (κ3) is 2.57. The van der Waals surface area contributed by atoms with Crippen LogP contribution in [0.5, 0.6) is 0 Å². The van der Waals surface area contributed by atoms with Crippen molar-refractivity contribution in [1.82, 2.24) is 4.40 Å². The maximum atomic E-state index is 11.6. The van der Waals surface area contributed by atoms with Gasteiger partial charge in [-0.25, -0.2) is 0 Å². The number of carbonyl (C=O) groups excluding carboxylic acids is 1. The number of hydrogen-bond donors (Lipinski definition) is 0. The van der Waals surface area contributed by atoms with Crippen LogP contribution in [0.3, 0.4) is 0 Å². The molecule has 112 valence electrons. The molecule has 0 fully saturated rings. The Labute approximate surface area is 131 Å². The Morgan fingerprint density at radius 1 is 1.14 bits per heavy atom. The van der Waals surface area contributed by atoms with E-state index < -0.39 is 0 Å². The highest BCUT2D eigenvalue weighted by Gasteiger charge is 2.12. The second-order valence-electron chi connectivity index (χ2n) is 5.81. The molecule has 3 aromatic rings. The van der Waals surface area contributed by atoms with Crippen molar-refractivity contribution >= 4 is 11.8 Å². The number of hydrogen-bond acceptors (Lipinski definition) is 1. The first-order valence-corrected chi connectivity index (χ1v) is 7.89. The second kappa shape index (κ2) is 6.18. The van der Waals surface area contributed by atoms with Crippen molar-refractivity contribution in [3.63, 3.8) is 0 Å². The van der Waals surface area contributed by atoms with Crippen LogP contribution in [0.25, 0.3) is 16.6 Å². The molecule has 2 nitrogen and oxygen atoms in total. The summed E-state index contributed by atoms with van der Waals surface area (Å²) >= 11 is 0. The van der Waals surface area contributed by atoms with Gasteiger partial charge in [-0.3, -0.25) is 4.79 Å². The molecule has 1 aromatic carbocycles. The molecule has 22 heavy (non-hydrogen) atoms. The van der Waals surface area contributed by atoms with Gasteiger partial charge in [-0.15, -0.1) is 0 Å².